The van der Waals surface area contributed by atoms with Crippen molar-refractivity contribution < 1.29 is 14.5 Å². The quantitative estimate of drug-likeness (QED) is 0.401. The summed E-state index contributed by atoms with van der Waals surface area (Å²) in [4.78, 5) is 11.0. The molecule has 138 valence electrons. The number of hydrogen-bond acceptors (Lipinski definition) is 1. The molecule has 0 aliphatic heterocycles. The van der Waals surface area contributed by atoms with Crippen molar-refractivity contribution in [3.63, 3.8) is 0 Å². The van der Waals surface area contributed by atoms with Crippen molar-refractivity contribution >= 4 is 5.97 Å². The fourth-order valence-corrected chi connectivity index (χ4v) is 3.19. The van der Waals surface area contributed by atoms with Gasteiger partial charge in [-0.25, -0.2) is 9.13 Å². The molecular weight excluding hydrogens is 300 g/mol. The first-order chi connectivity index (χ1) is 11.6. The molecule has 1 unspecified atom stereocenters. The monoisotopic (exact) mass is 337 g/mol. The summed E-state index contributed by atoms with van der Waals surface area (Å²) in [5.74, 6) is 0.169. The first-order valence-corrected chi connectivity index (χ1v) is 9.82. The molecule has 0 fully saturated rings. The van der Waals surface area contributed by atoms with Gasteiger partial charge in [0.15, 0.2) is 0 Å². The molecule has 0 saturated heterocycles. The van der Waals surface area contributed by atoms with Crippen LogP contribution in [-0.2, 0) is 24.8 Å². The van der Waals surface area contributed by atoms with Gasteiger partial charge in [-0.2, -0.15) is 0 Å². The number of carboxylic acid groups (broad SMARTS) is 1. The van der Waals surface area contributed by atoms with E-state index in [1.807, 2.05) is 19.4 Å². The summed E-state index contributed by atoms with van der Waals surface area (Å²) < 4.78 is 4.23. The van der Waals surface area contributed by atoms with E-state index >= 15 is 0 Å². The number of nitrogens with zero attached hydrogens (tertiary/aromatic N) is 2. The zero-order valence-corrected chi connectivity index (χ0v) is 16.0. The Labute approximate surface area is 147 Å². The summed E-state index contributed by atoms with van der Waals surface area (Å²) in [6.45, 7) is 4.59. The van der Waals surface area contributed by atoms with Crippen LogP contribution in [0.5, 0.6) is 0 Å². The second-order valence-electron chi connectivity index (χ2n) is 7.15. The molecule has 1 atom stereocenters. The zero-order valence-electron chi connectivity index (χ0n) is 16.0. The van der Waals surface area contributed by atoms with E-state index in [0.29, 0.717) is 6.54 Å². The minimum Gasteiger partial charge on any atom is -0.481 e. The molecule has 4 heteroatoms. The summed E-state index contributed by atoms with van der Waals surface area (Å²) in [7, 11) is 2.05. The maximum atomic E-state index is 11.0. The molecular formula is C20H37N2O2+. The van der Waals surface area contributed by atoms with E-state index in [1.54, 1.807) is 6.92 Å². The molecule has 1 aromatic rings. The van der Waals surface area contributed by atoms with Gasteiger partial charge in [-0.3, -0.25) is 4.79 Å². The van der Waals surface area contributed by atoms with Crippen molar-refractivity contribution in [3.05, 3.63) is 18.2 Å². The van der Waals surface area contributed by atoms with Crippen LogP contribution < -0.4 is 4.57 Å². The summed E-state index contributed by atoms with van der Waals surface area (Å²) in [5.41, 5.74) is 0. The molecule has 0 spiro atoms. The van der Waals surface area contributed by atoms with Crippen LogP contribution in [0.1, 0.15) is 83.9 Å². The highest BCUT2D eigenvalue weighted by Gasteiger charge is 2.20. The Kier molecular flexibility index (Phi) is 10.4. The highest BCUT2D eigenvalue weighted by molar-refractivity contribution is 5.69. The number of rotatable bonds is 14. The van der Waals surface area contributed by atoms with Gasteiger partial charge < -0.3 is 5.11 Å². The maximum Gasteiger partial charge on any atom is 0.310 e. The second-order valence-corrected chi connectivity index (χ2v) is 7.15. The molecule has 0 aliphatic carbocycles. The number of unbranched alkanes of at least 4 members (excludes halogenated alkanes) is 9. The number of aliphatic carboxylic acids is 1. The molecule has 1 heterocycles. The molecule has 0 radical (unpaired) electrons. The molecule has 1 N–H and O–H groups in total. The largest absolute Gasteiger partial charge is 0.481 e. The van der Waals surface area contributed by atoms with E-state index in [9.17, 15) is 4.79 Å². The van der Waals surface area contributed by atoms with Crippen LogP contribution in [0.2, 0.25) is 0 Å². The molecule has 0 bridgehead atoms. The Balaban J connectivity index is 2.19. The molecule has 1 aromatic heterocycles. The molecule has 0 saturated carbocycles. The fraction of sp³-hybridized carbons (Fsp3) is 0.800. The molecule has 0 aliphatic rings. The van der Waals surface area contributed by atoms with Crippen LogP contribution >= 0.6 is 0 Å². The highest BCUT2D eigenvalue weighted by atomic mass is 16.4. The van der Waals surface area contributed by atoms with E-state index in [4.69, 9.17) is 5.11 Å². The van der Waals surface area contributed by atoms with E-state index in [2.05, 4.69) is 16.1 Å². The smallest absolute Gasteiger partial charge is 0.310 e. The van der Waals surface area contributed by atoms with E-state index in [1.165, 1.54) is 70.0 Å². The average molecular weight is 338 g/mol. The van der Waals surface area contributed by atoms with Gasteiger partial charge in [-0.15, -0.1) is 0 Å². The van der Waals surface area contributed by atoms with Gasteiger partial charge >= 0.3 is 5.97 Å². The Morgan fingerprint density at radius 2 is 1.62 bits per heavy atom. The summed E-state index contributed by atoms with van der Waals surface area (Å²) in [5, 5.41) is 9.09. The third-order valence-electron chi connectivity index (χ3n) is 4.85. The number of imidazole rings is 1. The summed E-state index contributed by atoms with van der Waals surface area (Å²) in [6.07, 6.45) is 18.5. The molecule has 0 aromatic carbocycles. The normalized spacial score (nSPS) is 12.5. The van der Waals surface area contributed by atoms with Crippen LogP contribution in [-0.4, -0.2) is 15.6 Å². The predicted molar refractivity (Wildman–Crippen MR) is 98.0 cm³/mol. The molecule has 24 heavy (non-hydrogen) atoms. The van der Waals surface area contributed by atoms with Crippen molar-refractivity contribution in [1.82, 2.24) is 4.57 Å². The number of carbonyl (C=O) groups is 1. The zero-order chi connectivity index (χ0) is 17.8. The van der Waals surface area contributed by atoms with Crippen LogP contribution in [0.15, 0.2) is 12.4 Å². The van der Waals surface area contributed by atoms with Crippen LogP contribution in [0.4, 0.5) is 0 Å². The Morgan fingerprint density at radius 3 is 2.17 bits per heavy atom. The van der Waals surface area contributed by atoms with E-state index in [0.717, 1.165) is 6.42 Å². The summed E-state index contributed by atoms with van der Waals surface area (Å²) >= 11 is 0. The van der Waals surface area contributed by atoms with Crippen molar-refractivity contribution in [1.29, 1.82) is 0 Å². The maximum absolute atomic E-state index is 11.0. The molecule has 0 amide bonds. The van der Waals surface area contributed by atoms with Gasteiger partial charge in [-0.1, -0.05) is 64.7 Å². The lowest BCUT2D eigenvalue weighted by atomic mass is 10.1. The van der Waals surface area contributed by atoms with Gasteiger partial charge in [0.2, 0.25) is 0 Å². The van der Waals surface area contributed by atoms with Crippen molar-refractivity contribution in [3.8, 4) is 0 Å². The third kappa shape index (κ3) is 7.98. The highest BCUT2D eigenvalue weighted by Crippen LogP contribution is 2.12. The van der Waals surface area contributed by atoms with Gasteiger partial charge in [0.1, 0.15) is 18.9 Å². The summed E-state index contributed by atoms with van der Waals surface area (Å²) in [6, 6.07) is 0. The minimum absolute atomic E-state index is 0.344. The lowest BCUT2D eigenvalue weighted by molar-refractivity contribution is -0.678. The number of aryl methyl sites for hydroxylation is 1. The third-order valence-corrected chi connectivity index (χ3v) is 4.85. The predicted octanol–water partition coefficient (Wildman–Crippen LogP) is 4.50. The van der Waals surface area contributed by atoms with Crippen molar-refractivity contribution in [2.75, 3.05) is 0 Å². The van der Waals surface area contributed by atoms with Crippen LogP contribution in [0.3, 0.4) is 0 Å². The Bertz CT molecular complexity index is 468. The van der Waals surface area contributed by atoms with Gasteiger partial charge in [0.05, 0.1) is 13.0 Å². The topological polar surface area (TPSA) is 46.1 Å². The van der Waals surface area contributed by atoms with Crippen LogP contribution in [0, 0.1) is 5.92 Å². The van der Waals surface area contributed by atoms with E-state index in [-0.39, 0.29) is 5.92 Å². The van der Waals surface area contributed by atoms with Gasteiger partial charge in [0, 0.05) is 6.42 Å². The van der Waals surface area contributed by atoms with Crippen molar-refractivity contribution in [2.45, 2.75) is 91.0 Å². The van der Waals surface area contributed by atoms with E-state index < -0.39 is 5.97 Å². The number of aromatic nitrogens is 2. The second kappa shape index (κ2) is 12.1. The fourth-order valence-electron chi connectivity index (χ4n) is 3.19. The lowest BCUT2D eigenvalue weighted by Gasteiger charge is -2.06. The van der Waals surface area contributed by atoms with Crippen LogP contribution in [0.25, 0.3) is 0 Å². The Hall–Kier alpha value is -1.32. The first-order valence-electron chi connectivity index (χ1n) is 9.82. The average Bonchev–Trinajstić information content (AvgIpc) is 2.89. The molecule has 4 nitrogen and oxygen atoms in total. The standard InChI is InChI=1S/C20H36N2O2/c1-4-5-6-7-8-9-10-11-12-13-14-19-21(3)15-16-22(19)17-18(2)20(23)24/h15-16,18H,4-14,17H2,1-3H3/p+1. The molecule has 1 rings (SSSR count). The minimum atomic E-state index is -0.726. The SMILES string of the molecule is CCCCCCCCCCCCc1n(CC(C)C(=O)O)cc[n+]1C. The van der Waals surface area contributed by atoms with Gasteiger partial charge in [0.25, 0.3) is 5.82 Å². The number of hydrogen-bond donors (Lipinski definition) is 1. The Morgan fingerprint density at radius 1 is 1.08 bits per heavy atom. The van der Waals surface area contributed by atoms with Crippen molar-refractivity contribution in [2.24, 2.45) is 13.0 Å². The first kappa shape index (κ1) is 20.7. The number of carboxylic acids is 1. The lowest BCUT2D eigenvalue weighted by Crippen LogP contribution is -2.33. The van der Waals surface area contributed by atoms with Gasteiger partial charge in [-0.05, 0) is 13.3 Å².